The number of likely N-dealkylation sites (N-methyl/N-ethyl adjacent to an activating group) is 1. The fourth-order valence-corrected chi connectivity index (χ4v) is 5.23. The lowest BCUT2D eigenvalue weighted by atomic mass is 9.92. The Labute approximate surface area is 205 Å². The van der Waals surface area contributed by atoms with Crippen molar-refractivity contribution in [2.75, 3.05) is 25.0 Å². The highest BCUT2D eigenvalue weighted by Gasteiger charge is 2.23. The molecule has 2 unspecified atom stereocenters. The third kappa shape index (κ3) is 7.54. The van der Waals surface area contributed by atoms with E-state index < -0.39 is 0 Å². The summed E-state index contributed by atoms with van der Waals surface area (Å²) < 4.78 is 13.9. The number of nitrogens with one attached hydrogen (secondary N) is 3. The molecule has 0 aromatic heterocycles. The van der Waals surface area contributed by atoms with Crippen LogP contribution in [0.2, 0.25) is 0 Å². The molecule has 0 saturated carbocycles. The molecule has 0 aliphatic heterocycles. The zero-order valence-corrected chi connectivity index (χ0v) is 21.9. The Kier molecular flexibility index (Phi) is 11.9. The molecule has 0 amide bonds. The maximum Gasteiger partial charge on any atom is 0.0813 e. The van der Waals surface area contributed by atoms with Gasteiger partial charge in [-0.05, 0) is 107 Å². The maximum atomic E-state index is 13.9. The van der Waals surface area contributed by atoms with E-state index in [2.05, 4.69) is 48.9 Å². The minimum atomic E-state index is -0.0840. The largest absolute Gasteiger partial charge is 0.405 e. The molecule has 2 rings (SSSR count). The molecule has 33 heavy (non-hydrogen) atoms. The molecule has 1 aromatic carbocycles. The molecule has 0 heterocycles. The fraction of sp³-hybridized carbons (Fsp3) is 0.556. The van der Waals surface area contributed by atoms with E-state index in [9.17, 15) is 3.89 Å². The molecule has 6 heteroatoms. The molecule has 4 nitrogen and oxygen atoms in total. The van der Waals surface area contributed by atoms with Gasteiger partial charge in [0.15, 0.2) is 0 Å². The standard InChI is InChI=1S/C27H43FN4S/c1-6-26(33-28)27(25(14-16-29)31-8-3)20(5)32-24-13-12-21(22-10-9-11-23(22)24)18-19(4)15-17-30-7-2/h6,12-14,16,19-20,30-32H,7-11,15,17-18,29H2,1-5H3/b16-14+,26-6+,27-25-. The van der Waals surface area contributed by atoms with Crippen LogP contribution in [-0.4, -0.2) is 25.7 Å². The van der Waals surface area contributed by atoms with E-state index in [1.807, 2.05) is 26.0 Å². The average molecular weight is 475 g/mol. The first-order valence-corrected chi connectivity index (χ1v) is 13.1. The van der Waals surface area contributed by atoms with Crippen LogP contribution in [0.5, 0.6) is 0 Å². The van der Waals surface area contributed by atoms with Crippen molar-refractivity contribution in [3.05, 3.63) is 63.4 Å². The van der Waals surface area contributed by atoms with E-state index in [4.69, 9.17) is 5.73 Å². The molecule has 0 spiro atoms. The van der Waals surface area contributed by atoms with Gasteiger partial charge in [0, 0.05) is 28.4 Å². The summed E-state index contributed by atoms with van der Waals surface area (Å²) in [6.07, 6.45) is 10.9. The second kappa shape index (κ2) is 14.4. The van der Waals surface area contributed by atoms with Crippen molar-refractivity contribution in [1.29, 1.82) is 0 Å². The molecule has 2 atom stereocenters. The van der Waals surface area contributed by atoms with Crippen molar-refractivity contribution in [2.45, 2.75) is 72.8 Å². The quantitative estimate of drug-likeness (QED) is 0.196. The van der Waals surface area contributed by atoms with Crippen LogP contribution in [0.15, 0.2) is 46.7 Å². The minimum absolute atomic E-state index is 0.0840. The molecule has 1 aliphatic carbocycles. The van der Waals surface area contributed by atoms with Crippen LogP contribution in [-0.2, 0) is 19.3 Å². The summed E-state index contributed by atoms with van der Waals surface area (Å²) in [6.45, 7) is 13.3. The molecule has 1 aromatic rings. The van der Waals surface area contributed by atoms with Gasteiger partial charge in [-0.25, -0.2) is 0 Å². The van der Waals surface area contributed by atoms with Gasteiger partial charge in [-0.1, -0.05) is 26.0 Å². The van der Waals surface area contributed by atoms with E-state index in [-0.39, 0.29) is 18.2 Å². The highest BCUT2D eigenvalue weighted by Crippen LogP contribution is 2.36. The highest BCUT2D eigenvalue weighted by atomic mass is 32.2. The SMILES string of the molecule is C\C=C(SF)/C(=C(/C=C/N)NCC)C(C)Nc1ccc(CC(C)CCNCC)c2c1CCC2. The van der Waals surface area contributed by atoms with Gasteiger partial charge in [0.05, 0.1) is 18.2 Å². The van der Waals surface area contributed by atoms with Crippen LogP contribution in [0.25, 0.3) is 0 Å². The lowest BCUT2D eigenvalue weighted by Gasteiger charge is -2.25. The third-order valence-corrected chi connectivity index (χ3v) is 6.97. The second-order valence-electron chi connectivity index (χ2n) is 8.85. The summed E-state index contributed by atoms with van der Waals surface area (Å²) in [5.74, 6) is 0.658. The minimum Gasteiger partial charge on any atom is -0.405 e. The van der Waals surface area contributed by atoms with Gasteiger partial charge in [0.2, 0.25) is 0 Å². The molecular formula is C27H43FN4S. The van der Waals surface area contributed by atoms with Gasteiger partial charge >= 0.3 is 0 Å². The van der Waals surface area contributed by atoms with Crippen molar-refractivity contribution in [1.82, 2.24) is 10.6 Å². The maximum absolute atomic E-state index is 13.9. The molecule has 184 valence electrons. The lowest BCUT2D eigenvalue weighted by molar-refractivity contribution is 0.503. The van der Waals surface area contributed by atoms with Gasteiger partial charge < -0.3 is 21.7 Å². The number of hydrogen-bond acceptors (Lipinski definition) is 5. The normalized spacial score (nSPS) is 16.5. The van der Waals surface area contributed by atoms with E-state index in [1.165, 1.54) is 41.4 Å². The smallest absolute Gasteiger partial charge is 0.0813 e. The van der Waals surface area contributed by atoms with Gasteiger partial charge in [0.1, 0.15) is 0 Å². The summed E-state index contributed by atoms with van der Waals surface area (Å²) >= 11 is 0.283. The van der Waals surface area contributed by atoms with Gasteiger partial charge in [-0.2, -0.15) is 3.89 Å². The molecule has 0 radical (unpaired) electrons. The number of halogens is 1. The first-order valence-electron chi connectivity index (χ1n) is 12.4. The van der Waals surface area contributed by atoms with Gasteiger partial charge in [-0.3, -0.25) is 0 Å². The van der Waals surface area contributed by atoms with Crippen LogP contribution in [0.1, 0.15) is 64.2 Å². The summed E-state index contributed by atoms with van der Waals surface area (Å²) in [4.78, 5) is 0.604. The van der Waals surface area contributed by atoms with Crippen molar-refractivity contribution >= 4 is 17.8 Å². The number of benzene rings is 1. The number of nitrogens with two attached hydrogens (primary N) is 1. The Balaban J connectivity index is 2.31. The zero-order chi connectivity index (χ0) is 24.2. The third-order valence-electron chi connectivity index (χ3n) is 6.35. The number of anilines is 1. The van der Waals surface area contributed by atoms with Crippen LogP contribution in [0.3, 0.4) is 0 Å². The van der Waals surface area contributed by atoms with Gasteiger partial charge in [0.25, 0.3) is 0 Å². The average Bonchev–Trinajstić information content (AvgIpc) is 3.30. The highest BCUT2D eigenvalue weighted by molar-refractivity contribution is 7.98. The Morgan fingerprint density at radius 2 is 1.94 bits per heavy atom. The van der Waals surface area contributed by atoms with Crippen molar-refractivity contribution < 1.29 is 3.89 Å². The monoisotopic (exact) mass is 474 g/mol. The number of allylic oxidation sites excluding steroid dienone is 2. The van der Waals surface area contributed by atoms with E-state index in [1.54, 1.807) is 0 Å². The van der Waals surface area contributed by atoms with Crippen molar-refractivity contribution in [3.8, 4) is 0 Å². The molecule has 0 fully saturated rings. The van der Waals surface area contributed by atoms with Crippen LogP contribution < -0.4 is 21.7 Å². The summed E-state index contributed by atoms with van der Waals surface area (Å²) in [5, 5.41) is 10.5. The first-order chi connectivity index (χ1) is 16.0. The summed E-state index contributed by atoms with van der Waals surface area (Å²) in [5.41, 5.74) is 13.1. The topological polar surface area (TPSA) is 62.1 Å². The van der Waals surface area contributed by atoms with Crippen LogP contribution >= 0.6 is 12.1 Å². The predicted octanol–water partition coefficient (Wildman–Crippen LogP) is 6.01. The number of hydrogen-bond donors (Lipinski definition) is 4. The van der Waals surface area contributed by atoms with Crippen LogP contribution in [0.4, 0.5) is 9.57 Å². The first kappa shape index (κ1) is 27.3. The molecule has 5 N–H and O–H groups in total. The summed E-state index contributed by atoms with van der Waals surface area (Å²) in [6, 6.07) is 4.45. The number of fused-ring (bicyclic) bond motifs is 1. The molecule has 0 bridgehead atoms. The Morgan fingerprint density at radius 3 is 2.58 bits per heavy atom. The van der Waals surface area contributed by atoms with E-state index in [0.29, 0.717) is 10.8 Å². The zero-order valence-electron chi connectivity index (χ0n) is 21.1. The lowest BCUT2D eigenvalue weighted by Crippen LogP contribution is -2.25. The molecular weight excluding hydrogens is 431 g/mol. The summed E-state index contributed by atoms with van der Waals surface area (Å²) in [7, 11) is 0. The van der Waals surface area contributed by atoms with Crippen LogP contribution in [0, 0.1) is 5.92 Å². The molecule has 0 saturated heterocycles. The van der Waals surface area contributed by atoms with E-state index >= 15 is 0 Å². The Morgan fingerprint density at radius 1 is 1.18 bits per heavy atom. The van der Waals surface area contributed by atoms with Crippen molar-refractivity contribution in [2.24, 2.45) is 11.7 Å². The predicted molar refractivity (Wildman–Crippen MR) is 144 cm³/mol. The Bertz CT molecular complexity index is 847. The second-order valence-corrected chi connectivity index (χ2v) is 9.44. The number of rotatable bonds is 14. The van der Waals surface area contributed by atoms with Gasteiger partial charge in [-0.15, -0.1) is 0 Å². The fourth-order valence-electron chi connectivity index (χ4n) is 4.77. The Hall–Kier alpha value is -1.92. The van der Waals surface area contributed by atoms with Crippen molar-refractivity contribution in [3.63, 3.8) is 0 Å². The molecule has 1 aliphatic rings. The van der Waals surface area contributed by atoms with E-state index in [0.717, 1.165) is 50.2 Å².